The second-order valence-corrected chi connectivity index (χ2v) is 9.67. The predicted octanol–water partition coefficient (Wildman–Crippen LogP) is 4.63. The number of carbonyl (C=O) groups is 2. The Balaban J connectivity index is 1.16. The van der Waals surface area contributed by atoms with E-state index < -0.39 is 0 Å². The minimum absolute atomic E-state index is 0.0556. The molecule has 4 rings (SSSR count). The number of hydrogen-bond acceptors (Lipinski definition) is 7. The molecule has 0 aliphatic carbocycles. The van der Waals surface area contributed by atoms with Gasteiger partial charge in [-0.2, -0.15) is 5.10 Å². The van der Waals surface area contributed by atoms with Crippen LogP contribution in [0.4, 0.5) is 10.8 Å². The first-order chi connectivity index (χ1) is 16.6. The number of thioether (sulfide) groups is 1. The molecule has 2 aromatic carbocycles. The Morgan fingerprint density at radius 2 is 1.56 bits per heavy atom. The number of rotatable bonds is 11. The lowest BCUT2D eigenvalue weighted by Gasteiger charge is -2.03. The van der Waals surface area contributed by atoms with Crippen LogP contribution < -0.4 is 10.6 Å². The zero-order chi connectivity index (χ0) is 23.6. The maximum Gasteiger partial charge on any atom is 0.226 e. The van der Waals surface area contributed by atoms with Gasteiger partial charge in [0.2, 0.25) is 16.9 Å². The van der Waals surface area contributed by atoms with Crippen molar-refractivity contribution in [1.82, 2.24) is 20.0 Å². The van der Waals surface area contributed by atoms with E-state index in [1.54, 1.807) is 28.8 Å². The first-order valence-electron chi connectivity index (χ1n) is 10.8. The molecule has 0 aliphatic heterocycles. The lowest BCUT2D eigenvalue weighted by Crippen LogP contribution is -2.17. The highest BCUT2D eigenvalue weighted by molar-refractivity contribution is 8.00. The molecule has 2 amide bonds. The molecule has 0 spiro atoms. The number of carbonyl (C=O) groups excluding carboxylic acids is 2. The molecule has 0 unspecified atom stereocenters. The Kier molecular flexibility index (Phi) is 8.42. The molecule has 0 bridgehead atoms. The smallest absolute Gasteiger partial charge is 0.226 e. The summed E-state index contributed by atoms with van der Waals surface area (Å²) in [4.78, 5) is 24.4. The lowest BCUT2D eigenvalue weighted by atomic mass is 10.1. The molecule has 0 fully saturated rings. The fourth-order valence-electron chi connectivity index (χ4n) is 3.11. The molecule has 0 saturated carbocycles. The Hall–Kier alpha value is -3.50. The number of nitrogens with zero attached hydrogens (tertiary/aromatic N) is 4. The molecule has 2 aromatic heterocycles. The second kappa shape index (κ2) is 12.1. The van der Waals surface area contributed by atoms with Crippen molar-refractivity contribution in [1.29, 1.82) is 0 Å². The number of benzene rings is 2. The van der Waals surface area contributed by atoms with Gasteiger partial charge < -0.3 is 10.6 Å². The monoisotopic (exact) mass is 492 g/mol. The van der Waals surface area contributed by atoms with Crippen LogP contribution in [0.15, 0.2) is 77.4 Å². The summed E-state index contributed by atoms with van der Waals surface area (Å²) in [7, 11) is 0. The van der Waals surface area contributed by atoms with Crippen molar-refractivity contribution in [2.45, 2.75) is 35.9 Å². The summed E-state index contributed by atoms with van der Waals surface area (Å²) in [5.41, 5.74) is 3.04. The fourth-order valence-corrected chi connectivity index (χ4v) is 4.83. The molecule has 0 atom stereocenters. The fraction of sp³-hybridized carbons (Fsp3) is 0.208. The zero-order valence-electron chi connectivity index (χ0n) is 18.4. The van der Waals surface area contributed by atoms with E-state index in [-0.39, 0.29) is 24.7 Å². The van der Waals surface area contributed by atoms with Crippen LogP contribution in [0.5, 0.6) is 0 Å². The van der Waals surface area contributed by atoms with Crippen molar-refractivity contribution in [3.63, 3.8) is 0 Å². The summed E-state index contributed by atoms with van der Waals surface area (Å²) in [5, 5.41) is 18.3. The summed E-state index contributed by atoms with van der Waals surface area (Å²) >= 11 is 2.89. The summed E-state index contributed by atoms with van der Waals surface area (Å²) in [6.45, 7) is 0.718. The van der Waals surface area contributed by atoms with Gasteiger partial charge in [0.05, 0.1) is 11.9 Å². The van der Waals surface area contributed by atoms with Crippen LogP contribution in [-0.4, -0.2) is 31.8 Å². The van der Waals surface area contributed by atoms with Crippen molar-refractivity contribution in [3.05, 3.63) is 84.2 Å². The van der Waals surface area contributed by atoms with Crippen LogP contribution in [-0.2, 0) is 28.3 Å². The molecule has 8 nitrogen and oxygen atoms in total. The molecule has 34 heavy (non-hydrogen) atoms. The van der Waals surface area contributed by atoms with Crippen molar-refractivity contribution < 1.29 is 9.59 Å². The molecule has 2 heterocycles. The van der Waals surface area contributed by atoms with Crippen molar-refractivity contribution >= 4 is 45.7 Å². The first kappa shape index (κ1) is 23.7. The van der Waals surface area contributed by atoms with Gasteiger partial charge in [-0.25, -0.2) is 0 Å². The van der Waals surface area contributed by atoms with Gasteiger partial charge in [0.25, 0.3) is 0 Å². The van der Waals surface area contributed by atoms with Gasteiger partial charge in [-0.15, -0.1) is 10.2 Å². The van der Waals surface area contributed by atoms with Crippen molar-refractivity contribution in [2.75, 3.05) is 10.6 Å². The van der Waals surface area contributed by atoms with Crippen LogP contribution in [0.2, 0.25) is 0 Å². The Morgan fingerprint density at radius 1 is 0.882 bits per heavy atom. The minimum Gasteiger partial charge on any atom is -0.323 e. The average molecular weight is 493 g/mol. The van der Waals surface area contributed by atoms with E-state index in [2.05, 4.69) is 50.2 Å². The Labute approximate surface area is 205 Å². The highest BCUT2D eigenvalue weighted by atomic mass is 32.2. The number of amides is 2. The summed E-state index contributed by atoms with van der Waals surface area (Å²) in [5.74, 6) is 0.269. The van der Waals surface area contributed by atoms with Crippen LogP contribution >= 0.6 is 23.1 Å². The average Bonchev–Trinajstić information content (AvgIpc) is 3.50. The molecule has 10 heteroatoms. The third kappa shape index (κ3) is 7.53. The van der Waals surface area contributed by atoms with Crippen molar-refractivity contribution in [2.24, 2.45) is 0 Å². The van der Waals surface area contributed by atoms with Crippen LogP contribution in [0.25, 0.3) is 0 Å². The maximum absolute atomic E-state index is 12.2. The maximum atomic E-state index is 12.2. The van der Waals surface area contributed by atoms with Gasteiger partial charge in [-0.05, 0) is 17.5 Å². The number of aryl methyl sites for hydroxylation is 2. The standard InChI is InChI=1S/C24H24N6O2S2/c31-21(26-20-15-25-30(16-20)14-13-18-7-3-1-4-8-18)11-12-22(32)27-23-28-29-24(34-23)33-17-19-9-5-2-6-10-19/h1-10,15-16H,11-14,17H2,(H,26,31)(H,27,28,32). The van der Waals surface area contributed by atoms with E-state index in [4.69, 9.17) is 0 Å². The van der Waals surface area contributed by atoms with Gasteiger partial charge in [0.1, 0.15) is 0 Å². The third-order valence-corrected chi connectivity index (χ3v) is 6.87. The summed E-state index contributed by atoms with van der Waals surface area (Å²) < 4.78 is 2.57. The first-order valence-corrected chi connectivity index (χ1v) is 12.6. The predicted molar refractivity (Wildman–Crippen MR) is 135 cm³/mol. The SMILES string of the molecule is O=C(CCC(=O)Nc1nnc(SCc2ccccc2)s1)Nc1cnn(CCc2ccccc2)c1. The van der Waals surface area contributed by atoms with Crippen LogP contribution in [0.1, 0.15) is 24.0 Å². The molecule has 174 valence electrons. The highest BCUT2D eigenvalue weighted by Gasteiger charge is 2.12. The molecule has 2 N–H and O–H groups in total. The number of aromatic nitrogens is 4. The number of anilines is 2. The van der Waals surface area contributed by atoms with Gasteiger partial charge in [0.15, 0.2) is 4.34 Å². The third-order valence-electron chi connectivity index (χ3n) is 4.83. The Morgan fingerprint density at radius 3 is 2.29 bits per heavy atom. The van der Waals surface area contributed by atoms with E-state index >= 15 is 0 Å². The molecule has 4 aromatic rings. The normalized spacial score (nSPS) is 10.7. The molecular weight excluding hydrogens is 468 g/mol. The van der Waals surface area contributed by atoms with Gasteiger partial charge >= 0.3 is 0 Å². The van der Waals surface area contributed by atoms with Gasteiger partial charge in [-0.3, -0.25) is 14.3 Å². The van der Waals surface area contributed by atoms with Crippen molar-refractivity contribution in [3.8, 4) is 0 Å². The summed E-state index contributed by atoms with van der Waals surface area (Å²) in [6, 6.07) is 20.2. The number of hydrogen-bond donors (Lipinski definition) is 2. The van der Waals surface area contributed by atoms with E-state index in [1.165, 1.54) is 22.5 Å². The second-order valence-electron chi connectivity index (χ2n) is 7.47. The highest BCUT2D eigenvalue weighted by Crippen LogP contribution is 2.28. The molecular formula is C24H24N6O2S2. The van der Waals surface area contributed by atoms with Gasteiger partial charge in [-0.1, -0.05) is 83.8 Å². The van der Waals surface area contributed by atoms with Crippen LogP contribution in [0.3, 0.4) is 0 Å². The molecule has 0 saturated heterocycles. The van der Waals surface area contributed by atoms with E-state index in [0.717, 1.165) is 23.1 Å². The Bertz CT molecular complexity index is 1110. The zero-order valence-corrected chi connectivity index (χ0v) is 20.0. The van der Waals surface area contributed by atoms with Crippen LogP contribution in [0, 0.1) is 0 Å². The van der Waals surface area contributed by atoms with Gasteiger partial charge in [0, 0.05) is 31.3 Å². The van der Waals surface area contributed by atoms with E-state index in [0.29, 0.717) is 10.8 Å². The molecule has 0 radical (unpaired) electrons. The topological polar surface area (TPSA) is 102 Å². The molecule has 0 aliphatic rings. The largest absolute Gasteiger partial charge is 0.323 e. The minimum atomic E-state index is -0.274. The van der Waals surface area contributed by atoms with E-state index in [1.807, 2.05) is 36.4 Å². The number of nitrogens with one attached hydrogen (secondary N) is 2. The summed E-state index contributed by atoms with van der Waals surface area (Å²) in [6.07, 6.45) is 4.37. The van der Waals surface area contributed by atoms with E-state index in [9.17, 15) is 9.59 Å². The lowest BCUT2D eigenvalue weighted by molar-refractivity contribution is -0.121. The quantitative estimate of drug-likeness (QED) is 0.234.